The Balaban J connectivity index is 1.51. The van der Waals surface area contributed by atoms with E-state index in [9.17, 15) is 14.0 Å². The molecule has 0 unspecified atom stereocenters. The number of halogens is 1. The molecule has 0 saturated carbocycles. The predicted molar refractivity (Wildman–Crippen MR) is 98.5 cm³/mol. The van der Waals surface area contributed by atoms with E-state index in [-0.39, 0.29) is 42.6 Å². The van der Waals surface area contributed by atoms with Gasteiger partial charge in [0, 0.05) is 30.0 Å². The fraction of sp³-hybridized carbons (Fsp3) is 0.273. The molecule has 5 nitrogen and oxygen atoms in total. The zero-order chi connectivity index (χ0) is 19.3. The number of Topliss-reactive ketones (excluding diaryl/α,β-unsaturated/α-hetero) is 1. The minimum absolute atomic E-state index is 0.0261. The maximum absolute atomic E-state index is 13.2. The fourth-order valence-corrected chi connectivity index (χ4v) is 4.35. The molecule has 1 aliphatic carbocycles. The summed E-state index contributed by atoms with van der Waals surface area (Å²) < 4.78 is 24.0. The maximum atomic E-state index is 13.2. The molecule has 5 rings (SSSR count). The van der Waals surface area contributed by atoms with E-state index in [1.165, 1.54) is 12.1 Å². The lowest BCUT2D eigenvalue weighted by molar-refractivity contribution is -0.122. The highest BCUT2D eigenvalue weighted by atomic mass is 19.1. The molecule has 28 heavy (non-hydrogen) atoms. The molecule has 142 valence electrons. The van der Waals surface area contributed by atoms with E-state index in [1.54, 1.807) is 12.1 Å². The number of hydrogen-bond acceptors (Lipinski definition) is 4. The van der Waals surface area contributed by atoms with Crippen molar-refractivity contribution in [3.05, 3.63) is 70.7 Å². The van der Waals surface area contributed by atoms with Gasteiger partial charge in [0.1, 0.15) is 5.82 Å². The van der Waals surface area contributed by atoms with Gasteiger partial charge >= 0.3 is 0 Å². The fourth-order valence-electron chi connectivity index (χ4n) is 4.35. The monoisotopic (exact) mass is 379 g/mol. The van der Waals surface area contributed by atoms with Crippen LogP contribution in [0.4, 0.5) is 4.39 Å². The zero-order valence-electron chi connectivity index (χ0n) is 15.0. The van der Waals surface area contributed by atoms with Crippen molar-refractivity contribution in [2.45, 2.75) is 31.1 Å². The molecule has 2 aromatic rings. The predicted octanol–water partition coefficient (Wildman–Crippen LogP) is 3.56. The molecule has 0 fully saturated rings. The molecular formula is C22H18FNO4. The first-order valence-electron chi connectivity index (χ1n) is 9.29. The van der Waals surface area contributed by atoms with Crippen LogP contribution in [0.15, 0.2) is 53.7 Å². The first-order valence-corrected chi connectivity index (χ1v) is 9.29. The molecule has 2 aromatic carbocycles. The van der Waals surface area contributed by atoms with E-state index < -0.39 is 0 Å². The van der Waals surface area contributed by atoms with Gasteiger partial charge in [-0.15, -0.1) is 0 Å². The van der Waals surface area contributed by atoms with Crippen LogP contribution in [0.25, 0.3) is 0 Å². The Hall–Kier alpha value is -3.15. The van der Waals surface area contributed by atoms with Crippen LogP contribution >= 0.6 is 0 Å². The molecule has 2 atom stereocenters. The van der Waals surface area contributed by atoms with Crippen molar-refractivity contribution in [2.24, 2.45) is 0 Å². The van der Waals surface area contributed by atoms with Gasteiger partial charge in [-0.1, -0.05) is 18.2 Å². The Morgan fingerprint density at radius 1 is 0.893 bits per heavy atom. The van der Waals surface area contributed by atoms with Gasteiger partial charge in [0.15, 0.2) is 17.3 Å². The van der Waals surface area contributed by atoms with E-state index in [2.05, 4.69) is 5.32 Å². The zero-order valence-corrected chi connectivity index (χ0v) is 15.0. The standard InChI is InChI=1S/C22H18FNO4/c23-15-4-1-12(2-5-15)14-7-17-22(18(25)8-14)16(10-21(26)24-17)13-3-6-19-20(9-13)28-11-27-19/h1-6,9,14,16H,7-8,10-11H2,(H,24,26)/t14-,16-/m1/s1. The first-order chi connectivity index (χ1) is 13.6. The van der Waals surface area contributed by atoms with Crippen LogP contribution in [0.2, 0.25) is 0 Å². The van der Waals surface area contributed by atoms with Crippen LogP contribution in [-0.4, -0.2) is 18.5 Å². The normalized spacial score (nSPS) is 23.5. The minimum Gasteiger partial charge on any atom is -0.454 e. The van der Waals surface area contributed by atoms with Gasteiger partial charge in [0.25, 0.3) is 0 Å². The van der Waals surface area contributed by atoms with Crippen LogP contribution in [0.5, 0.6) is 11.5 Å². The Labute approximate surface area is 161 Å². The highest BCUT2D eigenvalue weighted by molar-refractivity contribution is 6.02. The highest BCUT2D eigenvalue weighted by Gasteiger charge is 2.38. The topological polar surface area (TPSA) is 64.6 Å². The lowest BCUT2D eigenvalue weighted by atomic mass is 9.73. The van der Waals surface area contributed by atoms with Gasteiger partial charge < -0.3 is 14.8 Å². The van der Waals surface area contributed by atoms with E-state index in [4.69, 9.17) is 9.47 Å². The number of ketones is 1. The molecule has 1 amide bonds. The van der Waals surface area contributed by atoms with Crippen molar-refractivity contribution in [1.29, 1.82) is 0 Å². The second-order valence-corrected chi connectivity index (χ2v) is 7.39. The van der Waals surface area contributed by atoms with Crippen LogP contribution in [0.1, 0.15) is 42.2 Å². The van der Waals surface area contributed by atoms with E-state index in [1.807, 2.05) is 18.2 Å². The summed E-state index contributed by atoms with van der Waals surface area (Å²) in [4.78, 5) is 25.4. The summed E-state index contributed by atoms with van der Waals surface area (Å²) in [6, 6.07) is 11.8. The Morgan fingerprint density at radius 3 is 2.46 bits per heavy atom. The summed E-state index contributed by atoms with van der Waals surface area (Å²) >= 11 is 0. The lowest BCUT2D eigenvalue weighted by Crippen LogP contribution is -2.38. The Bertz CT molecular complexity index is 1010. The molecule has 6 heteroatoms. The number of nitrogens with one attached hydrogen (secondary N) is 1. The van der Waals surface area contributed by atoms with Crippen LogP contribution in [-0.2, 0) is 9.59 Å². The molecule has 0 radical (unpaired) electrons. The highest BCUT2D eigenvalue weighted by Crippen LogP contribution is 2.44. The number of benzene rings is 2. The van der Waals surface area contributed by atoms with Crippen LogP contribution in [0.3, 0.4) is 0 Å². The summed E-state index contributed by atoms with van der Waals surface area (Å²) in [6.45, 7) is 0.177. The minimum atomic E-state index is -0.306. The van der Waals surface area contributed by atoms with E-state index >= 15 is 0 Å². The Morgan fingerprint density at radius 2 is 1.64 bits per heavy atom. The summed E-state index contributed by atoms with van der Waals surface area (Å²) in [6.07, 6.45) is 1.13. The van der Waals surface area contributed by atoms with E-state index in [0.717, 1.165) is 11.1 Å². The number of rotatable bonds is 2. The van der Waals surface area contributed by atoms with Crippen molar-refractivity contribution in [1.82, 2.24) is 5.32 Å². The smallest absolute Gasteiger partial charge is 0.231 e. The SMILES string of the molecule is O=C1C[C@H](c2ccc3c(c2)OCO3)C2=C(C[C@@H](c3ccc(F)cc3)CC2=O)N1. The van der Waals surface area contributed by atoms with Crippen molar-refractivity contribution in [2.75, 3.05) is 6.79 Å². The summed E-state index contributed by atoms with van der Waals surface area (Å²) in [7, 11) is 0. The van der Waals surface area contributed by atoms with Gasteiger partial charge in [-0.25, -0.2) is 4.39 Å². The van der Waals surface area contributed by atoms with Crippen molar-refractivity contribution < 1.29 is 23.5 Å². The average Bonchev–Trinajstić information content (AvgIpc) is 3.15. The van der Waals surface area contributed by atoms with Crippen molar-refractivity contribution >= 4 is 11.7 Å². The van der Waals surface area contributed by atoms with Gasteiger partial charge in [-0.3, -0.25) is 9.59 Å². The summed E-state index contributed by atoms with van der Waals surface area (Å²) in [5.41, 5.74) is 3.14. The second kappa shape index (κ2) is 6.48. The number of allylic oxidation sites excluding steroid dienone is 2. The Kier molecular flexibility index (Phi) is 3.93. The molecule has 1 N–H and O–H groups in total. The molecule has 2 aliphatic heterocycles. The molecule has 3 aliphatic rings. The lowest BCUT2D eigenvalue weighted by Gasteiger charge is -2.34. The molecule has 0 spiro atoms. The van der Waals surface area contributed by atoms with Crippen LogP contribution in [0, 0.1) is 5.82 Å². The number of carbonyl (C=O) groups excluding carboxylic acids is 2. The number of ether oxygens (including phenoxy) is 2. The third-order valence-corrected chi connectivity index (χ3v) is 5.68. The van der Waals surface area contributed by atoms with Crippen molar-refractivity contribution in [3.8, 4) is 11.5 Å². The van der Waals surface area contributed by atoms with Gasteiger partial charge in [0.05, 0.1) is 0 Å². The van der Waals surface area contributed by atoms with Crippen LogP contribution < -0.4 is 14.8 Å². The molecular weight excluding hydrogens is 361 g/mol. The van der Waals surface area contributed by atoms with Crippen molar-refractivity contribution in [3.63, 3.8) is 0 Å². The van der Waals surface area contributed by atoms with Gasteiger partial charge in [-0.05, 0) is 47.7 Å². The molecule has 0 saturated heterocycles. The quantitative estimate of drug-likeness (QED) is 0.867. The molecule has 2 heterocycles. The van der Waals surface area contributed by atoms with Gasteiger partial charge in [-0.2, -0.15) is 0 Å². The number of amides is 1. The average molecular weight is 379 g/mol. The maximum Gasteiger partial charge on any atom is 0.231 e. The van der Waals surface area contributed by atoms with E-state index in [0.29, 0.717) is 35.6 Å². The first kappa shape index (κ1) is 17.0. The largest absolute Gasteiger partial charge is 0.454 e. The molecule has 0 bridgehead atoms. The molecule has 0 aromatic heterocycles. The summed E-state index contributed by atoms with van der Waals surface area (Å²) in [5.74, 6) is 0.567. The summed E-state index contributed by atoms with van der Waals surface area (Å²) in [5, 5.41) is 2.90. The number of carbonyl (C=O) groups is 2. The van der Waals surface area contributed by atoms with Gasteiger partial charge in [0.2, 0.25) is 12.7 Å². The number of fused-ring (bicyclic) bond motifs is 1. The third-order valence-electron chi connectivity index (χ3n) is 5.68. The third kappa shape index (κ3) is 2.85. The second-order valence-electron chi connectivity index (χ2n) is 7.39. The number of hydrogen-bond donors (Lipinski definition) is 1.